The van der Waals surface area contributed by atoms with E-state index < -0.39 is 4.92 Å². The van der Waals surface area contributed by atoms with Gasteiger partial charge in [-0.3, -0.25) is 10.1 Å². The van der Waals surface area contributed by atoms with E-state index in [1.165, 1.54) is 12.3 Å². The first-order valence-corrected chi connectivity index (χ1v) is 7.22. The van der Waals surface area contributed by atoms with Crippen LogP contribution in [-0.2, 0) is 0 Å². The predicted octanol–water partition coefficient (Wildman–Crippen LogP) is 3.59. The third-order valence-corrected chi connectivity index (χ3v) is 3.54. The molecule has 1 atom stereocenters. The molecule has 7 heteroatoms. The second kappa shape index (κ2) is 7.43. The van der Waals surface area contributed by atoms with Gasteiger partial charge in [-0.2, -0.15) is 11.8 Å². The summed E-state index contributed by atoms with van der Waals surface area (Å²) in [5.74, 6) is 2.66. The fraction of sp³-hybridized carbons (Fsp3) is 0.545. The Bertz CT molecular complexity index is 417. The summed E-state index contributed by atoms with van der Waals surface area (Å²) in [6.45, 7) is 4.16. The minimum atomic E-state index is -0.510. The van der Waals surface area contributed by atoms with Crippen molar-refractivity contribution in [3.8, 4) is 0 Å². The first-order chi connectivity index (χ1) is 8.54. The molecule has 0 aromatic carbocycles. The minimum absolute atomic E-state index is 0.0975. The van der Waals surface area contributed by atoms with Gasteiger partial charge in [-0.1, -0.05) is 18.5 Å². The number of halogens is 1. The number of anilines is 1. The maximum absolute atomic E-state index is 10.5. The number of hydrogen-bond acceptors (Lipinski definition) is 5. The van der Waals surface area contributed by atoms with E-state index in [1.54, 1.807) is 0 Å². The number of aromatic nitrogens is 1. The molecule has 1 N–H and O–H groups in total. The third-order valence-electron chi connectivity index (χ3n) is 2.32. The second-order valence-electron chi connectivity index (χ2n) is 3.81. The molecule has 0 saturated heterocycles. The summed E-state index contributed by atoms with van der Waals surface area (Å²) in [6.07, 6.45) is 2.20. The van der Waals surface area contributed by atoms with Crippen LogP contribution in [0.5, 0.6) is 0 Å². The van der Waals surface area contributed by atoms with Crippen LogP contribution < -0.4 is 5.32 Å². The zero-order chi connectivity index (χ0) is 13.5. The largest absolute Gasteiger partial charge is 0.366 e. The zero-order valence-electron chi connectivity index (χ0n) is 10.4. The van der Waals surface area contributed by atoms with Crippen molar-refractivity contribution in [3.05, 3.63) is 27.4 Å². The highest BCUT2D eigenvalue weighted by molar-refractivity contribution is 7.99. The van der Waals surface area contributed by atoms with Crippen LogP contribution in [-0.4, -0.2) is 27.5 Å². The van der Waals surface area contributed by atoms with Crippen molar-refractivity contribution >= 4 is 34.9 Å². The van der Waals surface area contributed by atoms with Crippen molar-refractivity contribution in [2.24, 2.45) is 0 Å². The number of pyridine rings is 1. The molecule has 0 amide bonds. The molecule has 1 aromatic rings. The van der Waals surface area contributed by atoms with E-state index in [4.69, 9.17) is 11.6 Å². The van der Waals surface area contributed by atoms with Gasteiger partial charge in [-0.05, 0) is 24.9 Å². The summed E-state index contributed by atoms with van der Waals surface area (Å²) in [4.78, 5) is 14.0. The molecule has 0 radical (unpaired) electrons. The molecule has 0 aliphatic rings. The van der Waals surface area contributed by atoms with Gasteiger partial charge < -0.3 is 5.32 Å². The molecule has 0 fully saturated rings. The molecule has 100 valence electrons. The van der Waals surface area contributed by atoms with Crippen molar-refractivity contribution < 1.29 is 4.92 Å². The number of rotatable bonds is 7. The molecule has 0 aliphatic carbocycles. The number of hydrogen-bond donors (Lipinski definition) is 1. The van der Waals surface area contributed by atoms with E-state index >= 15 is 0 Å². The molecule has 1 heterocycles. The first kappa shape index (κ1) is 15.0. The average molecular weight is 290 g/mol. The summed E-state index contributed by atoms with van der Waals surface area (Å²) in [7, 11) is 0. The summed E-state index contributed by atoms with van der Waals surface area (Å²) in [5.41, 5.74) is -0.0975. The van der Waals surface area contributed by atoms with Gasteiger partial charge in [-0.25, -0.2) is 4.98 Å². The number of nitrogens with one attached hydrogen (secondary N) is 1. The molecule has 0 aliphatic heterocycles. The molecule has 5 nitrogen and oxygen atoms in total. The fourth-order valence-electron chi connectivity index (χ4n) is 1.34. The molecule has 1 unspecified atom stereocenters. The molecule has 18 heavy (non-hydrogen) atoms. The lowest BCUT2D eigenvalue weighted by atomic mass is 10.2. The SMILES string of the molecule is CCSCCC(C)Nc1ncc([N+](=O)[O-])cc1Cl. The highest BCUT2D eigenvalue weighted by Crippen LogP contribution is 2.24. The van der Waals surface area contributed by atoms with Gasteiger partial charge in [-0.15, -0.1) is 0 Å². The maximum atomic E-state index is 10.5. The van der Waals surface area contributed by atoms with Gasteiger partial charge in [0.1, 0.15) is 12.0 Å². The van der Waals surface area contributed by atoms with Crippen molar-refractivity contribution in [1.29, 1.82) is 0 Å². The van der Waals surface area contributed by atoms with Crippen molar-refractivity contribution in [3.63, 3.8) is 0 Å². The second-order valence-corrected chi connectivity index (χ2v) is 5.61. The van der Waals surface area contributed by atoms with E-state index in [0.29, 0.717) is 5.82 Å². The minimum Gasteiger partial charge on any atom is -0.366 e. The van der Waals surface area contributed by atoms with Crippen molar-refractivity contribution in [2.45, 2.75) is 26.3 Å². The van der Waals surface area contributed by atoms with Gasteiger partial charge in [0.2, 0.25) is 0 Å². The van der Waals surface area contributed by atoms with Crippen LogP contribution in [0.3, 0.4) is 0 Å². The third kappa shape index (κ3) is 4.70. The first-order valence-electron chi connectivity index (χ1n) is 5.68. The molecule has 1 aromatic heterocycles. The number of nitro groups is 1. The average Bonchev–Trinajstić information content (AvgIpc) is 2.32. The smallest absolute Gasteiger partial charge is 0.289 e. The Balaban J connectivity index is 2.59. The zero-order valence-corrected chi connectivity index (χ0v) is 11.9. The van der Waals surface area contributed by atoms with Gasteiger partial charge >= 0.3 is 0 Å². The Hall–Kier alpha value is -1.01. The van der Waals surface area contributed by atoms with Gasteiger partial charge in [0.25, 0.3) is 5.69 Å². The van der Waals surface area contributed by atoms with Crippen molar-refractivity contribution in [1.82, 2.24) is 4.98 Å². The highest BCUT2D eigenvalue weighted by atomic mass is 35.5. The summed E-state index contributed by atoms with van der Waals surface area (Å²) in [6, 6.07) is 1.54. The van der Waals surface area contributed by atoms with Crippen LogP contribution in [0.4, 0.5) is 11.5 Å². The Morgan fingerprint density at radius 1 is 1.67 bits per heavy atom. The van der Waals surface area contributed by atoms with Crippen LogP contribution in [0.2, 0.25) is 5.02 Å². The molecule has 0 bridgehead atoms. The topological polar surface area (TPSA) is 68.1 Å². The van der Waals surface area contributed by atoms with Crippen LogP contribution in [0.25, 0.3) is 0 Å². The normalized spacial score (nSPS) is 12.2. The lowest BCUT2D eigenvalue weighted by Gasteiger charge is -2.14. The molecule has 0 spiro atoms. The van der Waals surface area contributed by atoms with E-state index in [2.05, 4.69) is 17.2 Å². The van der Waals surface area contributed by atoms with Gasteiger partial charge in [0.15, 0.2) is 0 Å². The lowest BCUT2D eigenvalue weighted by Crippen LogP contribution is -2.17. The van der Waals surface area contributed by atoms with Crippen LogP contribution in [0, 0.1) is 10.1 Å². The molecular formula is C11H16ClN3O2S. The Kier molecular flexibility index (Phi) is 6.21. The quantitative estimate of drug-likeness (QED) is 0.472. The van der Waals surface area contributed by atoms with Crippen LogP contribution >= 0.6 is 23.4 Å². The van der Waals surface area contributed by atoms with E-state index in [9.17, 15) is 10.1 Å². The highest BCUT2D eigenvalue weighted by Gasteiger charge is 2.12. The predicted molar refractivity (Wildman–Crippen MR) is 76.6 cm³/mol. The summed E-state index contributed by atoms with van der Waals surface area (Å²) < 4.78 is 0. The van der Waals surface area contributed by atoms with E-state index in [1.807, 2.05) is 18.7 Å². The van der Waals surface area contributed by atoms with Gasteiger partial charge in [0, 0.05) is 12.1 Å². The van der Waals surface area contributed by atoms with E-state index in [0.717, 1.165) is 17.9 Å². The number of nitrogens with zero attached hydrogens (tertiary/aromatic N) is 2. The van der Waals surface area contributed by atoms with Crippen LogP contribution in [0.15, 0.2) is 12.3 Å². The molecule has 1 rings (SSSR count). The van der Waals surface area contributed by atoms with Gasteiger partial charge in [0.05, 0.1) is 9.95 Å². The summed E-state index contributed by atoms with van der Waals surface area (Å²) >= 11 is 7.82. The van der Waals surface area contributed by atoms with Crippen molar-refractivity contribution in [2.75, 3.05) is 16.8 Å². The molecular weight excluding hydrogens is 274 g/mol. The summed E-state index contributed by atoms with van der Waals surface area (Å²) in [5, 5.41) is 14.0. The Morgan fingerprint density at radius 2 is 2.39 bits per heavy atom. The number of thioether (sulfide) groups is 1. The van der Waals surface area contributed by atoms with Crippen LogP contribution in [0.1, 0.15) is 20.3 Å². The monoisotopic (exact) mass is 289 g/mol. The Morgan fingerprint density at radius 3 is 2.94 bits per heavy atom. The van der Waals surface area contributed by atoms with E-state index in [-0.39, 0.29) is 16.8 Å². The standard InChI is InChI=1S/C11H16ClN3O2S/c1-3-18-5-4-8(2)14-11-10(12)6-9(7-13-11)15(16)17/h6-8H,3-5H2,1-2H3,(H,13,14). The molecule has 0 saturated carbocycles. The lowest BCUT2D eigenvalue weighted by molar-refractivity contribution is -0.385. The Labute approximate surface area is 115 Å². The maximum Gasteiger partial charge on any atom is 0.289 e. The fourth-order valence-corrected chi connectivity index (χ4v) is 2.37.